The molecule has 1 N–H and O–H groups in total. The SMILES string of the molecule is Cc1cc(C(=O)Nc2cccc(C3([C@@H](F)c4nncn4C)COC3)c2)nc(C2CC2)n1. The molecule has 1 aliphatic heterocycles. The second kappa shape index (κ2) is 7.49. The third-order valence-corrected chi connectivity index (χ3v) is 5.92. The maximum absolute atomic E-state index is 15.5. The monoisotopic (exact) mass is 422 g/mol. The first-order valence-corrected chi connectivity index (χ1v) is 10.3. The number of nitrogens with zero attached hydrogens (tertiary/aromatic N) is 5. The highest BCUT2D eigenvalue weighted by Crippen LogP contribution is 2.45. The zero-order valence-corrected chi connectivity index (χ0v) is 17.4. The molecule has 2 fully saturated rings. The number of halogens is 1. The third-order valence-electron chi connectivity index (χ3n) is 5.92. The van der Waals surface area contributed by atoms with Gasteiger partial charge in [-0.2, -0.15) is 0 Å². The van der Waals surface area contributed by atoms with Crippen LogP contribution >= 0.6 is 0 Å². The number of carbonyl (C=O) groups excluding carboxylic acids is 1. The predicted molar refractivity (Wildman–Crippen MR) is 110 cm³/mol. The summed E-state index contributed by atoms with van der Waals surface area (Å²) < 4.78 is 22.5. The van der Waals surface area contributed by atoms with Gasteiger partial charge in [0.2, 0.25) is 0 Å². The van der Waals surface area contributed by atoms with Crippen LogP contribution in [0.2, 0.25) is 0 Å². The number of nitrogens with one attached hydrogen (secondary N) is 1. The lowest BCUT2D eigenvalue weighted by Crippen LogP contribution is -2.50. The molecule has 0 spiro atoms. The van der Waals surface area contributed by atoms with Crippen LogP contribution in [0.1, 0.15) is 58.3 Å². The predicted octanol–water partition coefficient (Wildman–Crippen LogP) is 3.02. The molecule has 5 rings (SSSR count). The van der Waals surface area contributed by atoms with Gasteiger partial charge in [-0.25, -0.2) is 14.4 Å². The molecule has 2 aromatic heterocycles. The van der Waals surface area contributed by atoms with Gasteiger partial charge in [0.25, 0.3) is 5.91 Å². The summed E-state index contributed by atoms with van der Waals surface area (Å²) in [5.41, 5.74) is 1.55. The van der Waals surface area contributed by atoms with E-state index in [2.05, 4.69) is 25.5 Å². The molecule has 1 amide bonds. The number of rotatable bonds is 6. The van der Waals surface area contributed by atoms with E-state index in [4.69, 9.17) is 4.74 Å². The maximum Gasteiger partial charge on any atom is 0.274 e. The molecule has 1 aliphatic carbocycles. The lowest BCUT2D eigenvalue weighted by molar-refractivity contribution is -0.102. The smallest absolute Gasteiger partial charge is 0.274 e. The average molecular weight is 422 g/mol. The summed E-state index contributed by atoms with van der Waals surface area (Å²) in [6.07, 6.45) is 2.22. The first-order chi connectivity index (χ1) is 15.0. The average Bonchev–Trinajstić information content (AvgIpc) is 3.48. The van der Waals surface area contributed by atoms with Crippen LogP contribution in [0.25, 0.3) is 0 Å². The van der Waals surface area contributed by atoms with Crippen LogP contribution in [0.5, 0.6) is 0 Å². The Balaban J connectivity index is 1.40. The summed E-state index contributed by atoms with van der Waals surface area (Å²) in [5.74, 6) is 1.03. The van der Waals surface area contributed by atoms with Crippen molar-refractivity contribution in [2.75, 3.05) is 18.5 Å². The van der Waals surface area contributed by atoms with Gasteiger partial charge in [-0.05, 0) is 43.5 Å². The fraction of sp³-hybridized carbons (Fsp3) is 0.409. The van der Waals surface area contributed by atoms with Crippen molar-refractivity contribution in [3.8, 4) is 0 Å². The second-order valence-corrected chi connectivity index (χ2v) is 8.37. The van der Waals surface area contributed by atoms with E-state index in [-0.39, 0.29) is 24.9 Å². The number of hydrogen-bond acceptors (Lipinski definition) is 6. The van der Waals surface area contributed by atoms with Gasteiger partial charge in [0.15, 0.2) is 12.0 Å². The molecule has 1 aromatic carbocycles. The molecule has 9 heteroatoms. The van der Waals surface area contributed by atoms with Crippen LogP contribution in [0.4, 0.5) is 10.1 Å². The van der Waals surface area contributed by atoms with Crippen LogP contribution in [0.15, 0.2) is 36.7 Å². The van der Waals surface area contributed by atoms with Gasteiger partial charge in [0.05, 0.1) is 18.6 Å². The van der Waals surface area contributed by atoms with Crippen molar-refractivity contribution in [2.24, 2.45) is 7.05 Å². The summed E-state index contributed by atoms with van der Waals surface area (Å²) in [6.45, 7) is 2.32. The molecule has 31 heavy (non-hydrogen) atoms. The summed E-state index contributed by atoms with van der Waals surface area (Å²) >= 11 is 0. The fourth-order valence-electron chi connectivity index (χ4n) is 3.88. The lowest BCUT2D eigenvalue weighted by Gasteiger charge is -2.43. The Labute approximate surface area is 178 Å². The third kappa shape index (κ3) is 3.59. The minimum atomic E-state index is -1.38. The molecule has 0 radical (unpaired) electrons. The van der Waals surface area contributed by atoms with E-state index < -0.39 is 11.6 Å². The number of alkyl halides is 1. The quantitative estimate of drug-likeness (QED) is 0.656. The first-order valence-electron chi connectivity index (χ1n) is 10.3. The molecule has 1 saturated heterocycles. The van der Waals surface area contributed by atoms with Gasteiger partial charge in [-0.3, -0.25) is 4.79 Å². The zero-order chi connectivity index (χ0) is 21.6. The molecule has 8 nitrogen and oxygen atoms in total. The first kappa shape index (κ1) is 19.7. The summed E-state index contributed by atoms with van der Waals surface area (Å²) in [7, 11) is 1.71. The van der Waals surface area contributed by atoms with Gasteiger partial charge in [-0.15, -0.1) is 10.2 Å². The van der Waals surface area contributed by atoms with Crippen LogP contribution in [-0.2, 0) is 17.2 Å². The lowest BCUT2D eigenvalue weighted by atomic mass is 9.74. The Hall–Kier alpha value is -3.20. The van der Waals surface area contributed by atoms with Crippen LogP contribution in [0.3, 0.4) is 0 Å². The van der Waals surface area contributed by atoms with E-state index in [9.17, 15) is 4.79 Å². The normalized spacial score (nSPS) is 18.3. The second-order valence-electron chi connectivity index (χ2n) is 8.37. The van der Waals surface area contributed by atoms with E-state index >= 15 is 4.39 Å². The van der Waals surface area contributed by atoms with Gasteiger partial charge >= 0.3 is 0 Å². The van der Waals surface area contributed by atoms with Gasteiger partial charge in [0, 0.05) is 24.3 Å². The molecular formula is C22H23FN6O2. The topological polar surface area (TPSA) is 94.8 Å². The number of aromatic nitrogens is 5. The highest BCUT2D eigenvalue weighted by atomic mass is 19.1. The van der Waals surface area contributed by atoms with E-state index in [1.165, 1.54) is 6.33 Å². The van der Waals surface area contributed by atoms with Gasteiger partial charge in [0.1, 0.15) is 17.8 Å². The Morgan fingerprint density at radius 2 is 2.10 bits per heavy atom. The molecule has 0 bridgehead atoms. The Kier molecular flexibility index (Phi) is 4.77. The molecule has 160 valence electrons. The maximum atomic E-state index is 15.5. The number of benzene rings is 1. The number of aryl methyl sites for hydroxylation is 2. The molecular weight excluding hydrogens is 399 g/mol. The zero-order valence-electron chi connectivity index (χ0n) is 17.4. The van der Waals surface area contributed by atoms with E-state index in [0.717, 1.165) is 29.9 Å². The van der Waals surface area contributed by atoms with E-state index in [1.807, 2.05) is 13.0 Å². The van der Waals surface area contributed by atoms with Crippen molar-refractivity contribution in [1.29, 1.82) is 0 Å². The Morgan fingerprint density at radius 1 is 1.29 bits per heavy atom. The number of hydrogen-bond donors (Lipinski definition) is 1. The van der Waals surface area contributed by atoms with Crippen molar-refractivity contribution in [3.63, 3.8) is 0 Å². The minimum Gasteiger partial charge on any atom is -0.379 e. The number of anilines is 1. The van der Waals surface area contributed by atoms with E-state index in [0.29, 0.717) is 17.3 Å². The molecule has 0 unspecified atom stereocenters. The number of amides is 1. The number of ether oxygens (including phenoxy) is 1. The van der Waals surface area contributed by atoms with Crippen LogP contribution in [0, 0.1) is 6.92 Å². The molecule has 3 heterocycles. The van der Waals surface area contributed by atoms with Crippen molar-refractivity contribution in [3.05, 3.63) is 65.3 Å². The summed E-state index contributed by atoms with van der Waals surface area (Å²) in [4.78, 5) is 21.7. The summed E-state index contributed by atoms with van der Waals surface area (Å²) in [5, 5.41) is 10.6. The van der Waals surface area contributed by atoms with Crippen molar-refractivity contribution in [2.45, 2.75) is 37.3 Å². The standard InChI is InChI=1S/C22H23FN6O2/c1-13-8-17(27-19(25-13)14-6-7-14)21(30)26-16-5-3-4-15(9-16)22(10-31-11-22)18(23)20-28-24-12-29(20)2/h3-5,8-9,12,14,18H,6-7,10-11H2,1-2H3,(H,26,30)/t18-/m0/s1. The largest absolute Gasteiger partial charge is 0.379 e. The highest BCUT2D eigenvalue weighted by Gasteiger charge is 2.50. The van der Waals surface area contributed by atoms with Crippen molar-refractivity contribution < 1.29 is 13.9 Å². The molecule has 2 aliphatic rings. The van der Waals surface area contributed by atoms with Crippen molar-refractivity contribution >= 4 is 11.6 Å². The van der Waals surface area contributed by atoms with Gasteiger partial charge < -0.3 is 14.6 Å². The van der Waals surface area contributed by atoms with E-state index in [1.54, 1.807) is 35.9 Å². The van der Waals surface area contributed by atoms with Crippen LogP contribution < -0.4 is 5.32 Å². The fourth-order valence-corrected chi connectivity index (χ4v) is 3.88. The number of carbonyl (C=O) groups is 1. The minimum absolute atomic E-state index is 0.230. The molecule has 1 atom stereocenters. The molecule has 3 aromatic rings. The Bertz CT molecular complexity index is 1140. The van der Waals surface area contributed by atoms with Crippen LogP contribution in [-0.4, -0.2) is 43.9 Å². The summed E-state index contributed by atoms with van der Waals surface area (Å²) in [6, 6.07) is 8.90. The molecule has 1 saturated carbocycles. The van der Waals surface area contributed by atoms with Crippen molar-refractivity contribution in [1.82, 2.24) is 24.7 Å². The van der Waals surface area contributed by atoms with Gasteiger partial charge in [-0.1, -0.05) is 12.1 Å². The highest BCUT2D eigenvalue weighted by molar-refractivity contribution is 6.03. The Morgan fingerprint density at radius 3 is 2.74 bits per heavy atom.